The second-order valence-electron chi connectivity index (χ2n) is 5.38. The van der Waals surface area contributed by atoms with Gasteiger partial charge < -0.3 is 5.11 Å². The molecule has 0 spiro atoms. The second-order valence-corrected chi connectivity index (χ2v) is 8.18. The van der Waals surface area contributed by atoms with Crippen LogP contribution in [0.1, 0.15) is 19.8 Å². The molecular formula is C13H15BrFNO4S. The summed E-state index contributed by atoms with van der Waals surface area (Å²) in [5, 5.41) is 9.24. The minimum absolute atomic E-state index is 0.109. The van der Waals surface area contributed by atoms with Gasteiger partial charge in [-0.05, 0) is 53.9 Å². The Morgan fingerprint density at radius 1 is 1.48 bits per heavy atom. The van der Waals surface area contributed by atoms with Crippen LogP contribution in [0.2, 0.25) is 0 Å². The maximum Gasteiger partial charge on any atom is 0.310 e. The summed E-state index contributed by atoms with van der Waals surface area (Å²) in [5.41, 5.74) is -1.11. The molecule has 1 N–H and O–H groups in total. The summed E-state index contributed by atoms with van der Waals surface area (Å²) in [5.74, 6) is -1.70. The highest BCUT2D eigenvalue weighted by atomic mass is 79.9. The van der Waals surface area contributed by atoms with Gasteiger partial charge in [-0.25, -0.2) is 12.8 Å². The van der Waals surface area contributed by atoms with Crippen molar-refractivity contribution in [3.63, 3.8) is 0 Å². The highest BCUT2D eigenvalue weighted by Crippen LogP contribution is 2.33. The number of sulfonamides is 1. The first-order valence-corrected chi connectivity index (χ1v) is 8.59. The van der Waals surface area contributed by atoms with Crippen LogP contribution in [0.3, 0.4) is 0 Å². The molecule has 0 aliphatic carbocycles. The lowest BCUT2D eigenvalue weighted by atomic mass is 9.83. The van der Waals surface area contributed by atoms with E-state index in [0.29, 0.717) is 12.8 Å². The number of hydrogen-bond acceptors (Lipinski definition) is 3. The molecule has 0 amide bonds. The fourth-order valence-corrected chi connectivity index (χ4v) is 4.22. The Morgan fingerprint density at radius 2 is 2.14 bits per heavy atom. The molecule has 116 valence electrons. The van der Waals surface area contributed by atoms with E-state index in [1.54, 1.807) is 0 Å². The highest BCUT2D eigenvalue weighted by molar-refractivity contribution is 9.10. The first kappa shape index (κ1) is 16.4. The molecule has 1 aliphatic heterocycles. The number of piperidine rings is 1. The zero-order valence-corrected chi connectivity index (χ0v) is 13.7. The van der Waals surface area contributed by atoms with E-state index in [0.717, 1.165) is 10.4 Å². The lowest BCUT2D eigenvalue weighted by Crippen LogP contribution is -2.48. The van der Waals surface area contributed by atoms with Crippen LogP contribution in [0.5, 0.6) is 0 Å². The SMILES string of the molecule is CC1(C(=O)O)CCCN(S(=O)(=O)c2ccc(Br)c(F)c2)C1. The Balaban J connectivity index is 2.35. The number of rotatable bonds is 3. The van der Waals surface area contributed by atoms with Crippen LogP contribution in [0, 0.1) is 11.2 Å². The molecule has 1 aromatic carbocycles. The van der Waals surface area contributed by atoms with Crippen LogP contribution < -0.4 is 0 Å². The van der Waals surface area contributed by atoms with Gasteiger partial charge in [0.05, 0.1) is 14.8 Å². The van der Waals surface area contributed by atoms with E-state index in [9.17, 15) is 22.7 Å². The van der Waals surface area contributed by atoms with Crippen LogP contribution in [-0.4, -0.2) is 36.9 Å². The highest BCUT2D eigenvalue weighted by Gasteiger charge is 2.42. The van der Waals surface area contributed by atoms with Gasteiger partial charge in [0.2, 0.25) is 10.0 Å². The Hall–Kier alpha value is -0.990. The van der Waals surface area contributed by atoms with Crippen LogP contribution in [0.25, 0.3) is 0 Å². The standard InChI is InChI=1S/C13H15BrFNO4S/c1-13(12(17)18)5-2-6-16(8-13)21(19,20)9-3-4-10(14)11(15)7-9/h3-4,7H,2,5-6,8H2,1H3,(H,17,18). The van der Waals surface area contributed by atoms with Crippen molar-refractivity contribution in [1.82, 2.24) is 4.31 Å². The van der Waals surface area contributed by atoms with Gasteiger partial charge >= 0.3 is 5.97 Å². The van der Waals surface area contributed by atoms with Crippen molar-refractivity contribution < 1.29 is 22.7 Å². The van der Waals surface area contributed by atoms with Gasteiger partial charge in [0, 0.05) is 13.1 Å². The summed E-state index contributed by atoms with van der Waals surface area (Å²) in [4.78, 5) is 11.1. The van der Waals surface area contributed by atoms with Crippen LogP contribution in [0.15, 0.2) is 27.6 Å². The zero-order valence-electron chi connectivity index (χ0n) is 11.3. The lowest BCUT2D eigenvalue weighted by Gasteiger charge is -2.36. The van der Waals surface area contributed by atoms with Crippen LogP contribution in [0.4, 0.5) is 4.39 Å². The van der Waals surface area contributed by atoms with E-state index in [2.05, 4.69) is 15.9 Å². The van der Waals surface area contributed by atoms with Crippen molar-refractivity contribution in [3.05, 3.63) is 28.5 Å². The first-order chi connectivity index (χ1) is 9.67. The molecule has 1 aliphatic rings. The molecule has 1 aromatic rings. The number of nitrogens with zero attached hydrogens (tertiary/aromatic N) is 1. The first-order valence-electron chi connectivity index (χ1n) is 6.35. The van der Waals surface area contributed by atoms with Gasteiger partial charge in [-0.3, -0.25) is 4.79 Å². The Bertz CT molecular complexity index is 679. The number of aliphatic carboxylic acids is 1. The number of carbonyl (C=O) groups is 1. The molecular weight excluding hydrogens is 365 g/mol. The molecule has 8 heteroatoms. The summed E-state index contributed by atoms with van der Waals surface area (Å²) in [6, 6.07) is 3.56. The van der Waals surface area contributed by atoms with E-state index in [1.807, 2.05) is 0 Å². The van der Waals surface area contributed by atoms with Gasteiger partial charge in [-0.1, -0.05) is 0 Å². The third-order valence-electron chi connectivity index (χ3n) is 3.71. The lowest BCUT2D eigenvalue weighted by molar-refractivity contribution is -0.150. The fraction of sp³-hybridized carbons (Fsp3) is 0.462. The van der Waals surface area contributed by atoms with E-state index < -0.39 is 27.2 Å². The molecule has 1 saturated heterocycles. The third kappa shape index (κ3) is 3.12. The van der Waals surface area contributed by atoms with Crippen LogP contribution >= 0.6 is 15.9 Å². The molecule has 1 atom stereocenters. The predicted octanol–water partition coefficient (Wildman–Crippen LogP) is 2.46. The van der Waals surface area contributed by atoms with Gasteiger partial charge in [0.1, 0.15) is 5.82 Å². The van der Waals surface area contributed by atoms with Crippen molar-refractivity contribution in [2.75, 3.05) is 13.1 Å². The number of carboxylic acids is 1. The van der Waals surface area contributed by atoms with E-state index in [4.69, 9.17) is 0 Å². The monoisotopic (exact) mass is 379 g/mol. The molecule has 0 aromatic heterocycles. The quantitative estimate of drug-likeness (QED) is 0.874. The number of benzene rings is 1. The summed E-state index contributed by atoms with van der Waals surface area (Å²) in [7, 11) is -3.90. The number of hydrogen-bond donors (Lipinski definition) is 1. The summed E-state index contributed by atoms with van der Waals surface area (Å²) >= 11 is 2.97. The van der Waals surface area contributed by atoms with Gasteiger partial charge in [0.25, 0.3) is 0 Å². The maximum atomic E-state index is 13.5. The fourth-order valence-electron chi connectivity index (χ4n) is 2.36. The largest absolute Gasteiger partial charge is 0.481 e. The van der Waals surface area contributed by atoms with E-state index >= 15 is 0 Å². The normalized spacial score (nSPS) is 24.0. The van der Waals surface area contributed by atoms with Gasteiger partial charge in [-0.2, -0.15) is 4.31 Å². The van der Waals surface area contributed by atoms with Crippen molar-refractivity contribution in [2.24, 2.45) is 5.41 Å². The Labute approximate surface area is 130 Å². The zero-order chi connectivity index (χ0) is 15.8. The third-order valence-corrected chi connectivity index (χ3v) is 6.19. The topological polar surface area (TPSA) is 74.7 Å². The summed E-state index contributed by atoms with van der Waals surface area (Å²) in [6.07, 6.45) is 0.879. The molecule has 1 heterocycles. The minimum Gasteiger partial charge on any atom is -0.481 e. The van der Waals surface area contributed by atoms with Crippen molar-refractivity contribution in [1.29, 1.82) is 0 Å². The molecule has 1 unspecified atom stereocenters. The molecule has 5 nitrogen and oxygen atoms in total. The molecule has 1 fully saturated rings. The molecule has 2 rings (SSSR count). The second kappa shape index (κ2) is 5.66. The van der Waals surface area contributed by atoms with Crippen molar-refractivity contribution in [3.8, 4) is 0 Å². The molecule has 0 radical (unpaired) electrons. The number of carboxylic acid groups (broad SMARTS) is 1. The molecule has 0 saturated carbocycles. The summed E-state index contributed by atoms with van der Waals surface area (Å²) < 4.78 is 39.9. The van der Waals surface area contributed by atoms with Crippen LogP contribution in [-0.2, 0) is 14.8 Å². The average Bonchev–Trinajstić information content (AvgIpc) is 2.41. The predicted molar refractivity (Wildman–Crippen MR) is 77.8 cm³/mol. The Kier molecular flexibility index (Phi) is 4.41. The minimum atomic E-state index is -3.90. The van der Waals surface area contributed by atoms with Gasteiger partial charge in [-0.15, -0.1) is 0 Å². The maximum absolute atomic E-state index is 13.5. The van der Waals surface area contributed by atoms with Gasteiger partial charge in [0.15, 0.2) is 0 Å². The number of halogens is 2. The van der Waals surface area contributed by atoms with Crippen molar-refractivity contribution >= 4 is 31.9 Å². The average molecular weight is 380 g/mol. The molecule has 21 heavy (non-hydrogen) atoms. The smallest absolute Gasteiger partial charge is 0.310 e. The Morgan fingerprint density at radius 3 is 2.71 bits per heavy atom. The van der Waals surface area contributed by atoms with E-state index in [-0.39, 0.29) is 22.5 Å². The van der Waals surface area contributed by atoms with E-state index in [1.165, 1.54) is 19.1 Å². The van der Waals surface area contributed by atoms with Crippen molar-refractivity contribution in [2.45, 2.75) is 24.7 Å². The summed E-state index contributed by atoms with van der Waals surface area (Å²) in [6.45, 7) is 1.66. The molecule has 0 bridgehead atoms.